The first-order chi connectivity index (χ1) is 51.5. The fraction of sp³-hybridized carbons (Fsp3) is 0.792. The number of halogens is 8. The lowest BCUT2D eigenvalue weighted by Gasteiger charge is -2.54. The Morgan fingerprint density at radius 2 is 1.30 bits per heavy atom. The molecule has 2 saturated heterocycles. The van der Waals surface area contributed by atoms with Crippen molar-refractivity contribution in [1.82, 2.24) is 60.0 Å². The maximum absolute atomic E-state index is 15.8. The number of carbonyl (C=O) groups is 12. The molecular weight excluding hydrogens is 1450 g/mol. The van der Waals surface area contributed by atoms with E-state index >= 15 is 37.5 Å². The monoisotopic (exact) mass is 1570 g/mol. The van der Waals surface area contributed by atoms with Crippen LogP contribution in [0.3, 0.4) is 0 Å². The number of terminal acetylenes is 1. The lowest BCUT2D eigenvalue weighted by Crippen LogP contribution is -2.71. The van der Waals surface area contributed by atoms with Crippen molar-refractivity contribution in [2.75, 3.05) is 88.7 Å². The van der Waals surface area contributed by atoms with E-state index in [1.165, 1.54) is 64.0 Å². The smallest absolute Gasteiger partial charge is 0.377 e. The molecule has 3 aliphatic heterocycles. The summed E-state index contributed by atoms with van der Waals surface area (Å²) >= 11 is 0. The molecule has 33 heteroatoms. The molecule has 0 aromatic carbocycles. The van der Waals surface area contributed by atoms with E-state index in [0.29, 0.717) is 32.1 Å². The van der Waals surface area contributed by atoms with Gasteiger partial charge in [0.15, 0.2) is 0 Å². The van der Waals surface area contributed by atoms with Crippen LogP contribution in [0.5, 0.6) is 0 Å². The third-order valence-electron chi connectivity index (χ3n) is 24.3. The maximum atomic E-state index is 15.8. The van der Waals surface area contributed by atoms with E-state index < -0.39 is 242 Å². The molecule has 110 heavy (non-hydrogen) atoms. The number of hydrogen-bond donors (Lipinski definition) is 3. The maximum Gasteiger partial charge on any atom is 0.397 e. The molecule has 4 aliphatic carbocycles. The topological polar surface area (TPSA) is 279 Å². The third-order valence-corrected chi connectivity index (χ3v) is 24.3. The summed E-state index contributed by atoms with van der Waals surface area (Å²) in [5, 5.41) is 8.35. The molecule has 2 unspecified atom stereocenters. The SMILES string of the molecule is C#CC[C@H]1C(=O)N[C@@H]([C@@H](C)CC)C(=O)N(C)CC(=O)N(C)[C@H]2C/C=C\CCN(C2=O)[C@@H](CC2CCC(C(F)(F)F)CC2)C(=O)N(C)CC(=O)N[C@@H](CCC2CC(F)C(C(F)(F)F)C(F)C2)C(=O)N2C[C@H](OCC)C[C@H]2C(=O)NC2(CC(C)(C)C2)C(=O)N(C)[C@@H](C2CCCC2)C(=O)N(C)[C@H](C(=O)N(C)CC)CC(=O)N1C. The second-order valence-electron chi connectivity index (χ2n) is 32.7. The summed E-state index contributed by atoms with van der Waals surface area (Å²) in [6, 6.07) is -11.8. The van der Waals surface area contributed by atoms with Crippen molar-refractivity contribution < 1.29 is 97.4 Å². The second kappa shape index (κ2) is 37.8. The van der Waals surface area contributed by atoms with Gasteiger partial charge in [-0.3, -0.25) is 57.5 Å². The Morgan fingerprint density at radius 3 is 1.86 bits per heavy atom. The summed E-state index contributed by atoms with van der Waals surface area (Å²) in [5.41, 5.74) is -2.40. The molecule has 1 spiro atoms. The Balaban J connectivity index is 1.34. The van der Waals surface area contributed by atoms with E-state index in [-0.39, 0.29) is 96.9 Å². The van der Waals surface area contributed by atoms with Gasteiger partial charge in [0.05, 0.1) is 31.5 Å². The number of amides is 12. The fourth-order valence-electron chi connectivity index (χ4n) is 17.7. The molecule has 7 rings (SSSR count). The van der Waals surface area contributed by atoms with Gasteiger partial charge >= 0.3 is 12.4 Å². The van der Waals surface area contributed by atoms with Crippen molar-refractivity contribution in [1.29, 1.82) is 0 Å². The van der Waals surface area contributed by atoms with E-state index in [1.807, 2.05) is 13.8 Å². The van der Waals surface area contributed by atoms with Gasteiger partial charge in [0.1, 0.15) is 72.1 Å². The summed E-state index contributed by atoms with van der Waals surface area (Å²) in [4.78, 5) is 192. The van der Waals surface area contributed by atoms with E-state index in [9.17, 15) is 55.1 Å². The molecule has 0 aromatic heterocycles. The summed E-state index contributed by atoms with van der Waals surface area (Å²) in [5.74, 6) is -14.9. The van der Waals surface area contributed by atoms with Crippen LogP contribution in [-0.4, -0.2) is 288 Å². The minimum absolute atomic E-state index is 0.00254. The van der Waals surface area contributed by atoms with Gasteiger partial charge in [-0.25, -0.2) is 8.78 Å². The van der Waals surface area contributed by atoms with E-state index in [2.05, 4.69) is 21.9 Å². The highest BCUT2D eigenvalue weighted by Gasteiger charge is 2.60. The molecule has 3 N–H and O–H groups in total. The average molecular weight is 1570 g/mol. The average Bonchev–Trinajstić information content (AvgIpc) is 0.963. The lowest BCUT2D eigenvalue weighted by atomic mass is 9.58. The number of rotatable bonds is 13. The molecule has 6 fully saturated rings. The Morgan fingerprint density at radius 1 is 0.682 bits per heavy atom. The summed E-state index contributed by atoms with van der Waals surface area (Å²) < 4.78 is 122. The van der Waals surface area contributed by atoms with Crippen molar-refractivity contribution in [3.8, 4) is 12.3 Å². The van der Waals surface area contributed by atoms with Crippen molar-refractivity contribution in [3.05, 3.63) is 12.2 Å². The van der Waals surface area contributed by atoms with Crippen molar-refractivity contribution in [3.63, 3.8) is 0 Å². The first kappa shape index (κ1) is 89.5. The Bertz CT molecular complexity index is 3380. The number of likely N-dealkylation sites (N-methyl/N-ethyl adjacent to an activating group) is 7. The summed E-state index contributed by atoms with van der Waals surface area (Å²) in [6.45, 7) is 8.57. The van der Waals surface area contributed by atoms with Crippen LogP contribution in [-0.2, 0) is 62.3 Å². The second-order valence-corrected chi connectivity index (χ2v) is 32.7. The van der Waals surface area contributed by atoms with Gasteiger partial charge in [0.25, 0.3) is 0 Å². The van der Waals surface area contributed by atoms with Gasteiger partial charge in [-0.2, -0.15) is 26.3 Å². The zero-order valence-electron chi connectivity index (χ0n) is 66.0. The number of nitrogens with one attached hydrogen (secondary N) is 3. The van der Waals surface area contributed by atoms with Crippen LogP contribution in [0.2, 0.25) is 0 Å². The molecule has 2 bridgehead atoms. The zero-order valence-corrected chi connectivity index (χ0v) is 66.0. The van der Waals surface area contributed by atoms with Crippen LogP contribution in [0, 0.1) is 53.3 Å². The highest BCUT2D eigenvalue weighted by Crippen LogP contribution is 2.50. The number of nitrogens with zero attached hydrogens (tertiary/aromatic N) is 9. The molecule has 0 aromatic rings. The minimum Gasteiger partial charge on any atom is -0.377 e. The molecule has 25 nitrogen and oxygen atoms in total. The lowest BCUT2D eigenvalue weighted by molar-refractivity contribution is -0.219. The van der Waals surface area contributed by atoms with Crippen LogP contribution in [0.1, 0.15) is 176 Å². The van der Waals surface area contributed by atoms with E-state index in [1.54, 1.807) is 39.8 Å². The third kappa shape index (κ3) is 21.4. The van der Waals surface area contributed by atoms with Crippen LogP contribution < -0.4 is 16.0 Å². The molecule has 4 saturated carbocycles. The first-order valence-corrected chi connectivity index (χ1v) is 38.9. The fourth-order valence-corrected chi connectivity index (χ4v) is 17.7. The van der Waals surface area contributed by atoms with Crippen LogP contribution in [0.15, 0.2) is 12.2 Å². The zero-order chi connectivity index (χ0) is 82.0. The highest BCUT2D eigenvalue weighted by molar-refractivity contribution is 6.01. The van der Waals surface area contributed by atoms with Gasteiger partial charge in [-0.05, 0) is 139 Å². The first-order valence-electron chi connectivity index (χ1n) is 38.9. The Hall–Kier alpha value is -7.66. The van der Waals surface area contributed by atoms with Crippen molar-refractivity contribution in [2.24, 2.45) is 40.9 Å². The Kier molecular flexibility index (Phi) is 30.8. The predicted octanol–water partition coefficient (Wildman–Crippen LogP) is 6.35. The standard InChI is InChI=1S/C77H116F8N12O13/c1-15-24-54-65(101)87-63(45(5)16-2)71(107)91(10)42-61(100)93(12)55-27-20-19-23-34-96(70(55)106)58(37-46-28-31-49(32-29-46)76(80,81)82)69(105)90(9)41-59(98)86-53(33-30-47-35-51(78)62(52(79)36-47)77(83,84)85)67(103)97-40-50(110-18-4)38-56(97)66(102)88-75(43-74(6,7)44-75)73(109)95(14)64(48-25-21-22-26-48)72(108)94(13)57(39-60(99)92(54)11)68(104)89(8)17-3/h1,19-20,45-58,62-64H,16-18,21-44H2,2-14H3,(H,86,98)(H,87,101)(H,88,102)/b20-19-/t45-,46?,47?,49?,50+,51?,52?,53-,54-,55-,56-,57-,58-,62?,63-,64-/m0/s1. The van der Waals surface area contributed by atoms with Crippen LogP contribution >= 0.6 is 0 Å². The van der Waals surface area contributed by atoms with Gasteiger partial charge in [0.2, 0.25) is 70.9 Å². The number of ether oxygens (including phenoxy) is 1. The molecule has 3 heterocycles. The normalized spacial score (nSPS) is 32.0. The minimum atomic E-state index is -5.23. The predicted molar refractivity (Wildman–Crippen MR) is 389 cm³/mol. The van der Waals surface area contributed by atoms with E-state index in [0.717, 1.165) is 29.4 Å². The molecular formula is C77H116F8N12O13. The van der Waals surface area contributed by atoms with Crippen molar-refractivity contribution in [2.45, 2.75) is 261 Å². The highest BCUT2D eigenvalue weighted by atomic mass is 19.4. The molecule has 0 radical (unpaired) electrons. The Labute approximate surface area is 641 Å². The van der Waals surface area contributed by atoms with E-state index in [4.69, 9.17) is 11.2 Å². The largest absolute Gasteiger partial charge is 0.397 e. The molecule has 12 atom stereocenters. The van der Waals surface area contributed by atoms with Crippen molar-refractivity contribution >= 4 is 70.9 Å². The molecule has 618 valence electrons. The van der Waals surface area contributed by atoms with Crippen LogP contribution in [0.25, 0.3) is 0 Å². The number of fused-ring (bicyclic) bond motifs is 3. The quantitative estimate of drug-likeness (QED) is 0.103. The van der Waals surface area contributed by atoms with Gasteiger partial charge in [-0.15, -0.1) is 12.3 Å². The number of alkyl halides is 8. The van der Waals surface area contributed by atoms with Crippen LogP contribution in [0.4, 0.5) is 35.1 Å². The van der Waals surface area contributed by atoms with Gasteiger partial charge in [0, 0.05) is 88.4 Å². The molecule has 7 aliphatic rings. The molecule has 12 amide bonds. The number of hydrogen-bond acceptors (Lipinski definition) is 13. The number of carbonyl (C=O) groups excluding carboxylic acids is 12. The summed E-state index contributed by atoms with van der Waals surface area (Å²) in [7, 11) is 9.28. The van der Waals surface area contributed by atoms with Gasteiger partial charge < -0.3 is 64.8 Å². The van der Waals surface area contributed by atoms with Gasteiger partial charge in [-0.1, -0.05) is 59.1 Å². The summed E-state index contributed by atoms with van der Waals surface area (Å²) in [6.07, 6.45) is -8.75.